The fraction of sp³-hybridized carbons (Fsp3) is 0.571. The Hall–Kier alpha value is -1.07. The highest BCUT2D eigenvalue weighted by molar-refractivity contribution is 6.65. The summed E-state index contributed by atoms with van der Waals surface area (Å²) in [5, 5.41) is 2.64. The van der Waals surface area contributed by atoms with E-state index in [1.165, 1.54) is 7.11 Å². The molecule has 0 aromatic heterocycles. The van der Waals surface area contributed by atoms with Gasteiger partial charge < -0.3 is 10.1 Å². The van der Waals surface area contributed by atoms with E-state index < -0.39 is 23.5 Å². The van der Waals surface area contributed by atoms with Gasteiger partial charge in [-0.1, -0.05) is 0 Å². The third-order valence-corrected chi connectivity index (χ3v) is 1.67. The summed E-state index contributed by atoms with van der Waals surface area (Å²) >= 11 is 0. The van der Waals surface area contributed by atoms with Crippen molar-refractivity contribution in [3.8, 4) is 0 Å². The third kappa shape index (κ3) is 1.57. The number of hydrogen-bond donors (Lipinski definition) is 1. The van der Waals surface area contributed by atoms with Crippen LogP contribution in [0.15, 0.2) is 0 Å². The molecule has 0 spiro atoms. The van der Waals surface area contributed by atoms with Crippen molar-refractivity contribution >= 4 is 17.3 Å². The molecule has 5 nitrogen and oxygen atoms in total. The SMILES string of the molecule is COC1CNCC(=O)C(=O)C1=O. The first-order chi connectivity index (χ1) is 5.66. The van der Waals surface area contributed by atoms with Gasteiger partial charge in [-0.2, -0.15) is 0 Å². The van der Waals surface area contributed by atoms with Gasteiger partial charge in [0.1, 0.15) is 6.10 Å². The molecule has 5 heteroatoms. The lowest BCUT2D eigenvalue weighted by Crippen LogP contribution is -2.34. The van der Waals surface area contributed by atoms with Crippen LogP contribution in [0.4, 0.5) is 0 Å². The van der Waals surface area contributed by atoms with Gasteiger partial charge in [-0.25, -0.2) is 0 Å². The van der Waals surface area contributed by atoms with Crippen molar-refractivity contribution in [2.45, 2.75) is 6.10 Å². The highest BCUT2D eigenvalue weighted by Gasteiger charge is 2.32. The second kappa shape index (κ2) is 3.55. The van der Waals surface area contributed by atoms with E-state index in [9.17, 15) is 14.4 Å². The summed E-state index contributed by atoms with van der Waals surface area (Å²) < 4.78 is 4.72. The lowest BCUT2D eigenvalue weighted by atomic mass is 10.1. The van der Waals surface area contributed by atoms with E-state index in [0.29, 0.717) is 0 Å². The molecule has 12 heavy (non-hydrogen) atoms. The van der Waals surface area contributed by atoms with Gasteiger partial charge in [0.05, 0.1) is 6.54 Å². The van der Waals surface area contributed by atoms with Gasteiger partial charge in [-0.3, -0.25) is 14.4 Å². The maximum atomic E-state index is 11.1. The first-order valence-electron chi connectivity index (χ1n) is 3.51. The minimum atomic E-state index is -0.966. The van der Waals surface area contributed by atoms with E-state index in [1.54, 1.807) is 0 Å². The first-order valence-corrected chi connectivity index (χ1v) is 3.51. The fourth-order valence-corrected chi connectivity index (χ4v) is 0.964. The Labute approximate surface area is 69.1 Å². The molecule has 1 aliphatic heterocycles. The molecule has 1 heterocycles. The number of methoxy groups -OCH3 is 1. The van der Waals surface area contributed by atoms with Gasteiger partial charge in [0.15, 0.2) is 0 Å². The molecule has 0 saturated carbocycles. The van der Waals surface area contributed by atoms with Crippen LogP contribution in [-0.2, 0) is 19.1 Å². The van der Waals surface area contributed by atoms with Crippen molar-refractivity contribution in [1.82, 2.24) is 5.32 Å². The number of ether oxygens (including phenoxy) is 1. The van der Waals surface area contributed by atoms with Crippen molar-refractivity contribution in [2.24, 2.45) is 0 Å². The summed E-state index contributed by atoms with van der Waals surface area (Å²) in [6.45, 7) is 0.136. The predicted molar refractivity (Wildman–Crippen MR) is 38.7 cm³/mol. The van der Waals surface area contributed by atoms with E-state index in [1.807, 2.05) is 0 Å². The molecule has 0 aliphatic carbocycles. The zero-order valence-corrected chi connectivity index (χ0v) is 6.62. The molecule has 1 unspecified atom stereocenters. The van der Waals surface area contributed by atoms with E-state index >= 15 is 0 Å². The standard InChI is InChI=1S/C7H9NO4/c1-12-5-3-8-2-4(9)6(10)7(5)11/h5,8H,2-3H2,1H3. The molecular formula is C7H9NO4. The van der Waals surface area contributed by atoms with Gasteiger partial charge in [-0.05, 0) is 0 Å². The second-order valence-electron chi connectivity index (χ2n) is 2.47. The van der Waals surface area contributed by atoms with Crippen LogP contribution in [-0.4, -0.2) is 43.7 Å². The molecule has 0 radical (unpaired) electrons. The van der Waals surface area contributed by atoms with Crippen LogP contribution in [0.25, 0.3) is 0 Å². The van der Waals surface area contributed by atoms with E-state index in [0.717, 1.165) is 0 Å². The van der Waals surface area contributed by atoms with Crippen molar-refractivity contribution in [3.63, 3.8) is 0 Å². The molecule has 0 amide bonds. The summed E-state index contributed by atoms with van der Waals surface area (Å²) in [6.07, 6.45) is -0.816. The number of rotatable bonds is 1. The van der Waals surface area contributed by atoms with Gasteiger partial charge >= 0.3 is 0 Å². The Morgan fingerprint density at radius 3 is 2.67 bits per heavy atom. The third-order valence-electron chi connectivity index (χ3n) is 1.67. The van der Waals surface area contributed by atoms with Crippen molar-refractivity contribution in [1.29, 1.82) is 0 Å². The largest absolute Gasteiger partial charge is 0.372 e. The maximum absolute atomic E-state index is 11.1. The van der Waals surface area contributed by atoms with Gasteiger partial charge in [0.2, 0.25) is 11.6 Å². The lowest BCUT2D eigenvalue weighted by molar-refractivity contribution is -0.146. The summed E-state index contributed by atoms with van der Waals surface area (Å²) in [4.78, 5) is 32.7. The number of ketones is 3. The molecule has 1 atom stereocenters. The highest BCUT2D eigenvalue weighted by Crippen LogP contribution is 1.97. The molecule has 66 valence electrons. The molecule has 1 rings (SSSR count). The molecule has 0 aromatic rings. The maximum Gasteiger partial charge on any atom is 0.268 e. The molecule has 1 saturated heterocycles. The molecule has 0 bridgehead atoms. The topological polar surface area (TPSA) is 72.5 Å². The average molecular weight is 171 g/mol. The minimum Gasteiger partial charge on any atom is -0.372 e. The van der Waals surface area contributed by atoms with Crippen LogP contribution in [0, 0.1) is 0 Å². The Kier molecular flexibility index (Phi) is 2.67. The van der Waals surface area contributed by atoms with E-state index in [2.05, 4.69) is 5.32 Å². The molecule has 1 N–H and O–H groups in total. The van der Waals surface area contributed by atoms with Crippen molar-refractivity contribution < 1.29 is 19.1 Å². The molecule has 1 aliphatic rings. The summed E-state index contributed by atoms with van der Waals surface area (Å²) in [7, 11) is 1.33. The van der Waals surface area contributed by atoms with Gasteiger partial charge in [0.25, 0.3) is 5.78 Å². The smallest absolute Gasteiger partial charge is 0.268 e. The highest BCUT2D eigenvalue weighted by atomic mass is 16.5. The molecular weight excluding hydrogens is 162 g/mol. The quantitative estimate of drug-likeness (QED) is 0.477. The zero-order chi connectivity index (χ0) is 9.14. The number of carbonyl (C=O) groups excluding carboxylic acids is 3. The Bertz CT molecular complexity index is 236. The molecule has 0 aromatic carbocycles. The van der Waals surface area contributed by atoms with E-state index in [-0.39, 0.29) is 13.1 Å². The van der Waals surface area contributed by atoms with Crippen LogP contribution >= 0.6 is 0 Å². The van der Waals surface area contributed by atoms with Crippen molar-refractivity contribution in [3.05, 3.63) is 0 Å². The number of carbonyl (C=O) groups is 3. The van der Waals surface area contributed by atoms with Crippen LogP contribution in [0.1, 0.15) is 0 Å². The number of nitrogens with one attached hydrogen (secondary N) is 1. The Morgan fingerprint density at radius 1 is 1.42 bits per heavy atom. The van der Waals surface area contributed by atoms with Crippen LogP contribution in [0.3, 0.4) is 0 Å². The summed E-state index contributed by atoms with van der Waals surface area (Å²) in [5.74, 6) is -2.42. The number of Topliss-reactive ketones (excluding diaryl/α,β-unsaturated/α-hetero) is 3. The van der Waals surface area contributed by atoms with Crippen LogP contribution in [0.2, 0.25) is 0 Å². The van der Waals surface area contributed by atoms with Crippen LogP contribution < -0.4 is 5.32 Å². The number of hydrogen-bond acceptors (Lipinski definition) is 5. The minimum absolute atomic E-state index is 0.0789. The van der Waals surface area contributed by atoms with Crippen LogP contribution in [0.5, 0.6) is 0 Å². The van der Waals surface area contributed by atoms with Gasteiger partial charge in [-0.15, -0.1) is 0 Å². The molecule has 1 fully saturated rings. The lowest BCUT2D eigenvalue weighted by Gasteiger charge is -2.07. The second-order valence-corrected chi connectivity index (χ2v) is 2.47. The Balaban J connectivity index is 2.80. The fourth-order valence-electron chi connectivity index (χ4n) is 0.964. The Morgan fingerprint density at radius 2 is 2.08 bits per heavy atom. The normalized spacial score (nSPS) is 25.8. The summed E-state index contributed by atoms with van der Waals surface area (Å²) in [5.41, 5.74) is 0. The zero-order valence-electron chi connectivity index (χ0n) is 6.62. The van der Waals surface area contributed by atoms with Gasteiger partial charge in [0, 0.05) is 13.7 Å². The summed E-state index contributed by atoms with van der Waals surface area (Å²) in [6, 6.07) is 0. The van der Waals surface area contributed by atoms with Crippen molar-refractivity contribution in [2.75, 3.05) is 20.2 Å². The first kappa shape index (κ1) is 9.02. The average Bonchev–Trinajstić information content (AvgIpc) is 2.19. The van der Waals surface area contributed by atoms with E-state index in [4.69, 9.17) is 4.74 Å². The monoisotopic (exact) mass is 171 g/mol. The predicted octanol–water partition coefficient (Wildman–Crippen LogP) is -1.69.